The number of rotatable bonds is 10. The predicted molar refractivity (Wildman–Crippen MR) is 161 cm³/mol. The Balaban J connectivity index is 0.000000294. The van der Waals surface area contributed by atoms with Gasteiger partial charge in [-0.2, -0.15) is 0 Å². The summed E-state index contributed by atoms with van der Waals surface area (Å²) < 4.78 is 37.7. The Labute approximate surface area is 245 Å². The van der Waals surface area contributed by atoms with Gasteiger partial charge in [0.15, 0.2) is 0 Å². The molecule has 0 saturated heterocycles. The minimum Gasteiger partial charge on any atom is -0.495 e. The highest BCUT2D eigenvalue weighted by Crippen LogP contribution is 2.41. The molecule has 0 spiro atoms. The molecular formula is C31H39F2N5O4. The molecule has 11 heteroatoms. The van der Waals surface area contributed by atoms with Crippen molar-refractivity contribution in [1.29, 1.82) is 0 Å². The normalized spacial score (nSPS) is 13.1. The van der Waals surface area contributed by atoms with Gasteiger partial charge in [0.05, 0.1) is 32.0 Å². The number of hydrogen-bond donors (Lipinski definition) is 3. The zero-order valence-electron chi connectivity index (χ0n) is 24.5. The van der Waals surface area contributed by atoms with Gasteiger partial charge in [-0.25, -0.2) is 9.37 Å². The van der Waals surface area contributed by atoms with Crippen LogP contribution in [0.15, 0.2) is 41.4 Å². The van der Waals surface area contributed by atoms with Crippen molar-refractivity contribution in [1.82, 2.24) is 10.3 Å². The molecule has 2 aromatic carbocycles. The lowest BCUT2D eigenvalue weighted by Crippen LogP contribution is -2.15. The first-order valence-electron chi connectivity index (χ1n) is 13.5. The largest absolute Gasteiger partial charge is 0.495 e. The van der Waals surface area contributed by atoms with E-state index in [9.17, 15) is 13.6 Å². The average Bonchev–Trinajstić information content (AvgIpc) is 3.40. The Morgan fingerprint density at radius 3 is 2.57 bits per heavy atom. The molecule has 42 heavy (non-hydrogen) atoms. The molecular weight excluding hydrogens is 544 g/mol. The molecule has 4 rings (SSSR count). The number of benzene rings is 2. The lowest BCUT2D eigenvalue weighted by molar-refractivity contribution is -0.109. The quantitative estimate of drug-likeness (QED) is 0.139. The molecule has 226 valence electrons. The number of nitrogens with two attached hydrogens (primary N) is 2. The summed E-state index contributed by atoms with van der Waals surface area (Å²) in [4.78, 5) is 27.9. The van der Waals surface area contributed by atoms with E-state index in [2.05, 4.69) is 28.0 Å². The lowest BCUT2D eigenvalue weighted by Gasteiger charge is -2.12. The van der Waals surface area contributed by atoms with Crippen molar-refractivity contribution < 1.29 is 27.8 Å². The topological polar surface area (TPSA) is 142 Å². The molecule has 0 aliphatic carbocycles. The number of anilines is 1. The second kappa shape index (κ2) is 17.3. The number of carbonyl (C=O) groups excluding carboxylic acids is 2. The summed E-state index contributed by atoms with van der Waals surface area (Å²) in [6.45, 7) is 6.83. The van der Waals surface area contributed by atoms with E-state index in [0.29, 0.717) is 47.8 Å². The van der Waals surface area contributed by atoms with Crippen LogP contribution in [0.5, 0.6) is 11.5 Å². The zero-order chi connectivity index (χ0) is 31.1. The molecule has 2 amide bonds. The maximum absolute atomic E-state index is 13.5. The number of ether oxygens (including phenoxy) is 2. The van der Waals surface area contributed by atoms with Gasteiger partial charge in [-0.15, -0.1) is 0 Å². The Bertz CT molecular complexity index is 1370. The van der Waals surface area contributed by atoms with Gasteiger partial charge >= 0.3 is 0 Å². The fraction of sp³-hybridized carbons (Fsp3) is 0.355. The monoisotopic (exact) mass is 583 g/mol. The molecule has 1 aliphatic heterocycles. The van der Waals surface area contributed by atoms with Crippen LogP contribution >= 0.6 is 0 Å². The molecule has 2 heterocycles. The van der Waals surface area contributed by atoms with E-state index < -0.39 is 6.67 Å². The number of nitrogen functional groups attached to an aromatic ring is 1. The van der Waals surface area contributed by atoms with Gasteiger partial charge in [-0.1, -0.05) is 6.92 Å². The lowest BCUT2D eigenvalue weighted by atomic mass is 9.98. The van der Waals surface area contributed by atoms with E-state index in [0.717, 1.165) is 40.9 Å². The molecule has 9 nitrogen and oxygen atoms in total. The number of fused-ring (bicyclic) bond motifs is 1. The molecule has 0 saturated carbocycles. The van der Waals surface area contributed by atoms with E-state index in [1.165, 1.54) is 6.07 Å². The Morgan fingerprint density at radius 2 is 1.95 bits per heavy atom. The number of aryl methyl sites for hydroxylation is 2. The maximum Gasteiger partial charge on any atom is 0.207 e. The number of nitrogens with one attached hydrogen (secondary N) is 1. The molecule has 1 atom stereocenters. The first kappa shape index (κ1) is 33.7. The number of alkyl halides is 1. The van der Waals surface area contributed by atoms with Crippen LogP contribution in [0.3, 0.4) is 0 Å². The van der Waals surface area contributed by atoms with Gasteiger partial charge in [0.1, 0.15) is 23.0 Å². The fourth-order valence-electron chi connectivity index (χ4n) is 4.20. The number of amides is 2. The number of halogens is 2. The number of primary amides is 1. The molecule has 1 unspecified atom stereocenters. The fourth-order valence-corrected chi connectivity index (χ4v) is 4.20. The standard InChI is InChI=1S/C18H18F2N2O2.C12H18N2O.CH3NO/c1-11-6-12(2-3-16(11)20)17-18-15(13(8-19)9-24-18)7-14(22-17)4-5-21-10-23;1-4-5-14-8-10-6-9(2)7-11(15-3)12(10)13;2-1-3/h2-3,6-7,10,13H,4-5,8-9H2,1H3,(H,21,23);6-8H,4-5,13H2,1-3H3;1H,(H2,2,3). The first-order chi connectivity index (χ1) is 20.2. The predicted octanol–water partition coefficient (Wildman–Crippen LogP) is 4.45. The van der Waals surface area contributed by atoms with Crippen molar-refractivity contribution in [3.8, 4) is 22.8 Å². The number of aromatic nitrogens is 1. The summed E-state index contributed by atoms with van der Waals surface area (Å²) >= 11 is 0. The van der Waals surface area contributed by atoms with E-state index in [4.69, 9.17) is 20.0 Å². The number of hydrogen-bond acceptors (Lipinski definition) is 7. The van der Waals surface area contributed by atoms with Crippen molar-refractivity contribution in [2.75, 3.05) is 39.2 Å². The Hall–Kier alpha value is -4.54. The van der Waals surface area contributed by atoms with Crippen LogP contribution in [0.25, 0.3) is 11.3 Å². The van der Waals surface area contributed by atoms with Gasteiger partial charge < -0.3 is 26.3 Å². The molecule has 0 fully saturated rings. The number of pyridine rings is 1. The summed E-state index contributed by atoms with van der Waals surface area (Å²) in [5.41, 5.74) is 16.2. The third-order valence-corrected chi connectivity index (χ3v) is 6.27. The van der Waals surface area contributed by atoms with Crippen LogP contribution in [0.4, 0.5) is 14.5 Å². The highest BCUT2D eigenvalue weighted by Gasteiger charge is 2.29. The van der Waals surface area contributed by atoms with Crippen LogP contribution in [0, 0.1) is 19.7 Å². The second-order valence-electron chi connectivity index (χ2n) is 9.47. The summed E-state index contributed by atoms with van der Waals surface area (Å²) in [5, 5.41) is 2.59. The number of nitrogens with zero attached hydrogens (tertiary/aromatic N) is 2. The van der Waals surface area contributed by atoms with Gasteiger partial charge in [-0.3, -0.25) is 19.0 Å². The van der Waals surface area contributed by atoms with Gasteiger partial charge in [-0.05, 0) is 67.8 Å². The minimum absolute atomic E-state index is 0.250. The van der Waals surface area contributed by atoms with Crippen LogP contribution in [0.1, 0.15) is 47.2 Å². The third kappa shape index (κ3) is 9.25. The van der Waals surface area contributed by atoms with Crippen molar-refractivity contribution in [3.63, 3.8) is 0 Å². The van der Waals surface area contributed by atoms with Crippen molar-refractivity contribution >= 4 is 24.7 Å². The molecule has 0 bridgehead atoms. The van der Waals surface area contributed by atoms with Gasteiger partial charge in [0, 0.05) is 48.1 Å². The van der Waals surface area contributed by atoms with E-state index >= 15 is 0 Å². The average molecular weight is 584 g/mol. The highest BCUT2D eigenvalue weighted by molar-refractivity contribution is 5.89. The molecule has 3 aromatic rings. The SMILES string of the molecule is CCCN=Cc1cc(C)cc(OC)c1N.Cc1cc(-c2nc(CCNC=O)cc3c2OCC3CF)ccc1F.NC=O. The van der Waals surface area contributed by atoms with E-state index in [-0.39, 0.29) is 24.8 Å². The molecule has 0 radical (unpaired) electrons. The van der Waals surface area contributed by atoms with Gasteiger partial charge in [0.25, 0.3) is 0 Å². The van der Waals surface area contributed by atoms with E-state index in [1.807, 2.05) is 31.3 Å². The zero-order valence-corrected chi connectivity index (χ0v) is 24.5. The van der Waals surface area contributed by atoms with Crippen molar-refractivity contribution in [2.45, 2.75) is 39.5 Å². The molecule has 1 aliphatic rings. The minimum atomic E-state index is -0.509. The van der Waals surface area contributed by atoms with Crippen LogP contribution in [-0.2, 0) is 16.0 Å². The molecule has 1 aromatic heterocycles. The van der Waals surface area contributed by atoms with Gasteiger partial charge in [0.2, 0.25) is 12.8 Å². The number of methoxy groups -OCH3 is 1. The Morgan fingerprint density at radius 1 is 1.21 bits per heavy atom. The van der Waals surface area contributed by atoms with Crippen LogP contribution in [-0.4, -0.2) is 57.5 Å². The smallest absolute Gasteiger partial charge is 0.207 e. The Kier molecular flexibility index (Phi) is 13.9. The third-order valence-electron chi connectivity index (χ3n) is 6.27. The van der Waals surface area contributed by atoms with E-state index in [1.54, 1.807) is 26.2 Å². The second-order valence-corrected chi connectivity index (χ2v) is 9.47. The van der Waals surface area contributed by atoms with Crippen LogP contribution < -0.4 is 26.3 Å². The summed E-state index contributed by atoms with van der Waals surface area (Å²) in [6.07, 6.45) is 4.26. The summed E-state index contributed by atoms with van der Waals surface area (Å²) in [5.74, 6) is 0.675. The first-order valence-corrected chi connectivity index (χ1v) is 13.5. The molecule has 5 N–H and O–H groups in total. The summed E-state index contributed by atoms with van der Waals surface area (Å²) in [6, 6.07) is 10.5. The highest BCUT2D eigenvalue weighted by atomic mass is 19.1. The number of carbonyl (C=O) groups is 2. The maximum atomic E-state index is 13.5. The summed E-state index contributed by atoms with van der Waals surface area (Å²) in [7, 11) is 1.62. The van der Waals surface area contributed by atoms with Crippen molar-refractivity contribution in [3.05, 3.63) is 70.2 Å². The van der Waals surface area contributed by atoms with Crippen LogP contribution in [0.2, 0.25) is 0 Å². The van der Waals surface area contributed by atoms with Crippen molar-refractivity contribution in [2.24, 2.45) is 10.7 Å². The number of aliphatic imine (C=N–C) groups is 1.